The molecule has 1 aliphatic rings. The highest BCUT2D eigenvalue weighted by molar-refractivity contribution is 5.82. The Morgan fingerprint density at radius 2 is 1.90 bits per heavy atom. The molecule has 1 fully saturated rings. The first kappa shape index (κ1) is 7.45. The maximum atomic E-state index is 10.9. The molecule has 1 rings (SSSR count). The van der Waals surface area contributed by atoms with Gasteiger partial charge >= 0.3 is 0 Å². The average Bonchev–Trinajstić information content (AvgIpc) is 2.05. The molecule has 0 bridgehead atoms. The number of carbonyl (C=O) groups excluding carboxylic acids is 1. The molecule has 0 radical (unpaired) electrons. The van der Waals surface area contributed by atoms with Gasteiger partial charge in [0.2, 0.25) is 5.91 Å². The Labute approximate surface area is 61.3 Å². The van der Waals surface area contributed by atoms with Crippen molar-refractivity contribution in [1.82, 2.24) is 0 Å². The summed E-state index contributed by atoms with van der Waals surface area (Å²) in [5.74, 6) is 0.200. The van der Waals surface area contributed by atoms with Gasteiger partial charge in [-0.15, -0.1) is 0 Å². The maximum Gasteiger partial charge on any atom is 0.248 e. The standard InChI is InChI=1S/C8H13NO/c1-9-8(10)7-5-3-2-4-6-7/h7H,1-6H2. The number of carbonyl (C=O) groups is 1. The van der Waals surface area contributed by atoms with E-state index >= 15 is 0 Å². The zero-order valence-electron chi connectivity index (χ0n) is 6.18. The van der Waals surface area contributed by atoms with Gasteiger partial charge in [0, 0.05) is 5.92 Å². The zero-order chi connectivity index (χ0) is 7.40. The molecular weight excluding hydrogens is 126 g/mol. The minimum atomic E-state index is -0.000278. The largest absolute Gasteiger partial charge is 0.272 e. The van der Waals surface area contributed by atoms with Crippen molar-refractivity contribution in [3.05, 3.63) is 0 Å². The molecule has 0 aromatic carbocycles. The summed E-state index contributed by atoms with van der Waals surface area (Å²) >= 11 is 0. The molecule has 0 N–H and O–H groups in total. The van der Waals surface area contributed by atoms with Crippen LogP contribution in [0.25, 0.3) is 0 Å². The summed E-state index contributed by atoms with van der Waals surface area (Å²) in [6, 6.07) is 0. The molecule has 0 aromatic heterocycles. The van der Waals surface area contributed by atoms with Crippen molar-refractivity contribution in [2.45, 2.75) is 32.1 Å². The minimum absolute atomic E-state index is 0.000278. The van der Waals surface area contributed by atoms with Crippen LogP contribution in [0.15, 0.2) is 4.99 Å². The van der Waals surface area contributed by atoms with E-state index in [0.29, 0.717) is 0 Å². The maximum absolute atomic E-state index is 10.9. The van der Waals surface area contributed by atoms with Gasteiger partial charge in [-0.1, -0.05) is 19.3 Å². The van der Waals surface area contributed by atoms with Gasteiger partial charge in [-0.3, -0.25) is 4.79 Å². The van der Waals surface area contributed by atoms with Gasteiger partial charge in [0.1, 0.15) is 0 Å². The first-order valence-electron chi connectivity index (χ1n) is 3.85. The van der Waals surface area contributed by atoms with Crippen LogP contribution in [0.3, 0.4) is 0 Å². The van der Waals surface area contributed by atoms with E-state index in [2.05, 4.69) is 11.7 Å². The van der Waals surface area contributed by atoms with Gasteiger partial charge in [-0.05, 0) is 19.6 Å². The number of rotatable bonds is 1. The molecule has 0 spiro atoms. The van der Waals surface area contributed by atoms with Crippen LogP contribution in [0.5, 0.6) is 0 Å². The van der Waals surface area contributed by atoms with Crippen molar-refractivity contribution < 1.29 is 4.79 Å². The summed E-state index contributed by atoms with van der Waals surface area (Å²) in [6.45, 7) is 3.24. The first-order chi connectivity index (χ1) is 4.84. The molecule has 0 aromatic rings. The van der Waals surface area contributed by atoms with Gasteiger partial charge in [-0.25, -0.2) is 4.99 Å². The van der Waals surface area contributed by atoms with Crippen LogP contribution in [-0.4, -0.2) is 12.6 Å². The molecule has 10 heavy (non-hydrogen) atoms. The molecule has 0 unspecified atom stereocenters. The lowest BCUT2D eigenvalue weighted by Gasteiger charge is -2.17. The highest BCUT2D eigenvalue weighted by Gasteiger charge is 2.19. The molecule has 1 amide bonds. The monoisotopic (exact) mass is 139 g/mol. The third-order valence-corrected chi connectivity index (χ3v) is 2.11. The second kappa shape index (κ2) is 3.49. The summed E-state index contributed by atoms with van der Waals surface area (Å²) in [5, 5.41) is 0. The molecular formula is C8H13NO. The number of hydrogen-bond acceptors (Lipinski definition) is 1. The van der Waals surface area contributed by atoms with Gasteiger partial charge in [0.05, 0.1) is 0 Å². The molecule has 0 atom stereocenters. The summed E-state index contributed by atoms with van der Waals surface area (Å²) < 4.78 is 0. The Hall–Kier alpha value is -0.660. The number of hydrogen-bond donors (Lipinski definition) is 0. The normalized spacial score (nSPS) is 20.4. The molecule has 1 saturated carbocycles. The number of aliphatic imine (C=N–C) groups is 1. The van der Waals surface area contributed by atoms with Crippen LogP contribution in [0.4, 0.5) is 0 Å². The van der Waals surface area contributed by atoms with E-state index < -0.39 is 0 Å². The SMILES string of the molecule is C=NC(=O)C1CCCCC1. The van der Waals surface area contributed by atoms with Crippen LogP contribution in [-0.2, 0) is 4.79 Å². The van der Waals surface area contributed by atoms with Crippen LogP contribution >= 0.6 is 0 Å². The average molecular weight is 139 g/mol. The molecule has 2 heteroatoms. The molecule has 1 aliphatic carbocycles. The summed E-state index contributed by atoms with van der Waals surface area (Å²) in [4.78, 5) is 14.4. The molecule has 0 aliphatic heterocycles. The smallest absolute Gasteiger partial charge is 0.248 e. The van der Waals surface area contributed by atoms with Crippen molar-refractivity contribution in [3.63, 3.8) is 0 Å². The molecule has 0 saturated heterocycles. The number of nitrogens with zero attached hydrogens (tertiary/aromatic N) is 1. The summed E-state index contributed by atoms with van der Waals surface area (Å²) in [5.41, 5.74) is 0. The van der Waals surface area contributed by atoms with Crippen molar-refractivity contribution in [3.8, 4) is 0 Å². The fraction of sp³-hybridized carbons (Fsp3) is 0.750. The second-order valence-corrected chi connectivity index (χ2v) is 2.83. The second-order valence-electron chi connectivity index (χ2n) is 2.83. The van der Waals surface area contributed by atoms with Crippen molar-refractivity contribution in [1.29, 1.82) is 0 Å². The quantitative estimate of drug-likeness (QED) is 0.509. The van der Waals surface area contributed by atoms with E-state index in [4.69, 9.17) is 0 Å². The van der Waals surface area contributed by atoms with Crippen molar-refractivity contribution in [2.75, 3.05) is 0 Å². The fourth-order valence-corrected chi connectivity index (χ4v) is 1.48. The van der Waals surface area contributed by atoms with Crippen molar-refractivity contribution in [2.24, 2.45) is 10.9 Å². The third kappa shape index (κ3) is 1.66. The number of amides is 1. The van der Waals surface area contributed by atoms with Gasteiger partial charge in [-0.2, -0.15) is 0 Å². The molecule has 0 heterocycles. The van der Waals surface area contributed by atoms with Gasteiger partial charge in [0.25, 0.3) is 0 Å². The highest BCUT2D eigenvalue weighted by Crippen LogP contribution is 2.24. The van der Waals surface area contributed by atoms with Crippen LogP contribution in [0.1, 0.15) is 32.1 Å². The van der Waals surface area contributed by atoms with E-state index in [0.717, 1.165) is 12.8 Å². The Kier molecular flexibility index (Phi) is 2.60. The Morgan fingerprint density at radius 3 is 2.40 bits per heavy atom. The molecule has 56 valence electrons. The first-order valence-corrected chi connectivity index (χ1v) is 3.85. The van der Waals surface area contributed by atoms with Crippen LogP contribution in [0.2, 0.25) is 0 Å². The zero-order valence-corrected chi connectivity index (χ0v) is 6.18. The topological polar surface area (TPSA) is 29.4 Å². The minimum Gasteiger partial charge on any atom is -0.272 e. The Balaban J connectivity index is 2.38. The third-order valence-electron chi connectivity index (χ3n) is 2.11. The summed E-state index contributed by atoms with van der Waals surface area (Å²) in [7, 11) is 0. The van der Waals surface area contributed by atoms with E-state index in [9.17, 15) is 4.79 Å². The van der Waals surface area contributed by atoms with E-state index in [1.54, 1.807) is 0 Å². The lowest BCUT2D eigenvalue weighted by molar-refractivity contribution is -0.122. The van der Waals surface area contributed by atoms with E-state index in [1.165, 1.54) is 19.3 Å². The Morgan fingerprint density at radius 1 is 1.30 bits per heavy atom. The van der Waals surface area contributed by atoms with Crippen LogP contribution < -0.4 is 0 Å². The highest BCUT2D eigenvalue weighted by atomic mass is 16.1. The fourth-order valence-electron chi connectivity index (χ4n) is 1.48. The van der Waals surface area contributed by atoms with Crippen LogP contribution in [0, 0.1) is 5.92 Å². The predicted octanol–water partition coefficient (Wildman–Crippen LogP) is 1.79. The lowest BCUT2D eigenvalue weighted by atomic mass is 9.89. The Bertz CT molecular complexity index is 136. The van der Waals surface area contributed by atoms with E-state index in [1.807, 2.05) is 0 Å². The van der Waals surface area contributed by atoms with Crippen molar-refractivity contribution >= 4 is 12.6 Å². The van der Waals surface area contributed by atoms with Gasteiger partial charge < -0.3 is 0 Å². The molecule has 2 nitrogen and oxygen atoms in total. The van der Waals surface area contributed by atoms with E-state index in [-0.39, 0.29) is 11.8 Å². The lowest BCUT2D eigenvalue weighted by Crippen LogP contribution is -2.14. The predicted molar refractivity (Wildman–Crippen MR) is 41.1 cm³/mol. The van der Waals surface area contributed by atoms with Gasteiger partial charge in [0.15, 0.2) is 0 Å². The summed E-state index contributed by atoms with van der Waals surface area (Å²) in [6.07, 6.45) is 5.70.